The summed E-state index contributed by atoms with van der Waals surface area (Å²) in [5.41, 5.74) is 2.24. The number of nitrogens with one attached hydrogen (secondary N) is 1. The minimum atomic E-state index is 0.562. The summed E-state index contributed by atoms with van der Waals surface area (Å²) < 4.78 is 5.37. The second-order valence-corrected chi connectivity index (χ2v) is 5.65. The van der Waals surface area contributed by atoms with Gasteiger partial charge >= 0.3 is 0 Å². The van der Waals surface area contributed by atoms with Crippen molar-refractivity contribution >= 4 is 5.69 Å². The molecule has 4 heteroatoms. The molecule has 1 aliphatic rings. The lowest BCUT2D eigenvalue weighted by molar-refractivity contribution is 0.300. The van der Waals surface area contributed by atoms with Crippen LogP contribution < -0.4 is 5.32 Å². The highest BCUT2D eigenvalue weighted by Gasteiger charge is 2.16. The number of likely N-dealkylation sites (tertiary alicyclic amines) is 1. The van der Waals surface area contributed by atoms with E-state index in [1.165, 1.54) is 44.4 Å². The highest BCUT2D eigenvalue weighted by Crippen LogP contribution is 2.24. The van der Waals surface area contributed by atoms with Crippen LogP contribution in [0.25, 0.3) is 11.3 Å². The Balaban J connectivity index is 1.66. The minimum Gasteiger partial charge on any atom is -0.444 e. The fourth-order valence-electron chi connectivity index (χ4n) is 2.97. The quantitative estimate of drug-likeness (QED) is 0.931. The Hall–Kier alpha value is -1.81. The molecule has 1 fully saturated rings. The standard InChI is InChI=1S/C17H23N3O/c1-2-20-9-4-7-15(8-10-20)19-16-6-3-5-14(11-16)17-12-18-13-21-17/h3,5-6,11-13,15,19H,2,4,7-10H2,1H3. The van der Waals surface area contributed by atoms with Crippen LogP contribution in [-0.2, 0) is 0 Å². The molecule has 2 aromatic rings. The molecule has 0 aliphatic carbocycles. The van der Waals surface area contributed by atoms with Crippen molar-refractivity contribution in [1.29, 1.82) is 0 Å². The maximum Gasteiger partial charge on any atom is 0.181 e. The van der Waals surface area contributed by atoms with E-state index in [2.05, 4.69) is 46.4 Å². The highest BCUT2D eigenvalue weighted by atomic mass is 16.3. The van der Waals surface area contributed by atoms with Gasteiger partial charge in [-0.25, -0.2) is 4.98 Å². The predicted molar refractivity (Wildman–Crippen MR) is 85.3 cm³/mol. The summed E-state index contributed by atoms with van der Waals surface area (Å²) in [5, 5.41) is 3.68. The molecule has 1 atom stereocenters. The molecule has 1 aromatic carbocycles. The Morgan fingerprint density at radius 2 is 2.29 bits per heavy atom. The fraction of sp³-hybridized carbons (Fsp3) is 0.471. The number of hydrogen-bond acceptors (Lipinski definition) is 4. The molecule has 112 valence electrons. The van der Waals surface area contributed by atoms with Crippen LogP contribution in [0.3, 0.4) is 0 Å². The van der Waals surface area contributed by atoms with Gasteiger partial charge in [0.1, 0.15) is 0 Å². The van der Waals surface area contributed by atoms with E-state index < -0.39 is 0 Å². The summed E-state index contributed by atoms with van der Waals surface area (Å²) in [5.74, 6) is 0.816. The Bertz CT molecular complexity index is 553. The zero-order valence-electron chi connectivity index (χ0n) is 12.6. The summed E-state index contributed by atoms with van der Waals surface area (Å²) in [6, 6.07) is 8.95. The lowest BCUT2D eigenvalue weighted by Crippen LogP contribution is -2.26. The van der Waals surface area contributed by atoms with Gasteiger partial charge in [0.2, 0.25) is 0 Å². The first kappa shape index (κ1) is 14.1. The number of aromatic nitrogens is 1. The van der Waals surface area contributed by atoms with Crippen molar-refractivity contribution in [3.8, 4) is 11.3 Å². The molecule has 1 N–H and O–H groups in total. The normalized spacial score (nSPS) is 20.1. The largest absolute Gasteiger partial charge is 0.444 e. The number of benzene rings is 1. The van der Waals surface area contributed by atoms with Gasteiger partial charge in [-0.2, -0.15) is 0 Å². The molecule has 2 heterocycles. The molecular formula is C17H23N3O. The van der Waals surface area contributed by atoms with Gasteiger partial charge in [0.05, 0.1) is 6.20 Å². The van der Waals surface area contributed by atoms with Crippen molar-refractivity contribution in [3.05, 3.63) is 36.9 Å². The maximum absolute atomic E-state index is 5.37. The van der Waals surface area contributed by atoms with Crippen LogP contribution in [0.15, 0.2) is 41.3 Å². The van der Waals surface area contributed by atoms with Gasteiger partial charge in [0.25, 0.3) is 0 Å². The molecule has 0 spiro atoms. The summed E-state index contributed by atoms with van der Waals surface area (Å²) in [6.07, 6.45) is 6.95. The second-order valence-electron chi connectivity index (χ2n) is 5.65. The first-order valence-electron chi connectivity index (χ1n) is 7.83. The van der Waals surface area contributed by atoms with Crippen molar-refractivity contribution in [2.24, 2.45) is 0 Å². The molecular weight excluding hydrogens is 262 g/mol. The predicted octanol–water partition coefficient (Wildman–Crippen LogP) is 3.63. The Morgan fingerprint density at radius 1 is 1.33 bits per heavy atom. The molecule has 21 heavy (non-hydrogen) atoms. The minimum absolute atomic E-state index is 0.562. The van der Waals surface area contributed by atoms with E-state index in [1.54, 1.807) is 6.20 Å². The third kappa shape index (κ3) is 3.64. The average molecular weight is 285 g/mol. The van der Waals surface area contributed by atoms with E-state index in [1.807, 2.05) is 0 Å². The van der Waals surface area contributed by atoms with Crippen molar-refractivity contribution < 1.29 is 4.42 Å². The summed E-state index contributed by atoms with van der Waals surface area (Å²) >= 11 is 0. The lowest BCUT2D eigenvalue weighted by atomic mass is 10.1. The fourth-order valence-corrected chi connectivity index (χ4v) is 2.97. The zero-order chi connectivity index (χ0) is 14.5. The van der Waals surface area contributed by atoms with Crippen LogP contribution in [0.1, 0.15) is 26.2 Å². The SMILES string of the molecule is CCN1CCCC(Nc2cccc(-c3cnco3)c2)CC1. The van der Waals surface area contributed by atoms with Gasteiger partial charge in [-0.05, 0) is 44.5 Å². The van der Waals surface area contributed by atoms with Crippen LogP contribution in [0.4, 0.5) is 5.69 Å². The second kappa shape index (κ2) is 6.76. The third-order valence-corrected chi connectivity index (χ3v) is 4.22. The van der Waals surface area contributed by atoms with E-state index in [-0.39, 0.29) is 0 Å². The molecule has 3 rings (SSSR count). The molecule has 1 aliphatic heterocycles. The van der Waals surface area contributed by atoms with Crippen molar-refractivity contribution in [2.75, 3.05) is 25.0 Å². The zero-order valence-corrected chi connectivity index (χ0v) is 12.6. The smallest absolute Gasteiger partial charge is 0.181 e. The summed E-state index contributed by atoms with van der Waals surface area (Å²) in [4.78, 5) is 6.52. The third-order valence-electron chi connectivity index (χ3n) is 4.22. The number of nitrogens with zero attached hydrogens (tertiary/aromatic N) is 2. The van der Waals surface area contributed by atoms with Gasteiger partial charge in [-0.1, -0.05) is 19.1 Å². The average Bonchev–Trinajstić information content (AvgIpc) is 2.96. The molecule has 0 saturated carbocycles. The van der Waals surface area contributed by atoms with Gasteiger partial charge in [-0.15, -0.1) is 0 Å². The Labute approximate surface area is 126 Å². The van der Waals surface area contributed by atoms with Gasteiger partial charge in [-0.3, -0.25) is 0 Å². The van der Waals surface area contributed by atoms with E-state index in [4.69, 9.17) is 4.42 Å². The van der Waals surface area contributed by atoms with Crippen molar-refractivity contribution in [2.45, 2.75) is 32.2 Å². The number of hydrogen-bond donors (Lipinski definition) is 1. The maximum atomic E-state index is 5.37. The van der Waals surface area contributed by atoms with Gasteiger partial charge in [0, 0.05) is 23.8 Å². The van der Waals surface area contributed by atoms with Crippen LogP contribution in [-0.4, -0.2) is 35.6 Å². The van der Waals surface area contributed by atoms with Gasteiger partial charge < -0.3 is 14.6 Å². The summed E-state index contributed by atoms with van der Waals surface area (Å²) in [6.45, 7) is 5.82. The van der Waals surface area contributed by atoms with E-state index in [0.717, 1.165) is 17.9 Å². The number of rotatable bonds is 4. The van der Waals surface area contributed by atoms with E-state index in [9.17, 15) is 0 Å². The molecule has 0 bridgehead atoms. The number of anilines is 1. The van der Waals surface area contributed by atoms with E-state index in [0.29, 0.717) is 6.04 Å². The van der Waals surface area contributed by atoms with Crippen molar-refractivity contribution in [1.82, 2.24) is 9.88 Å². The van der Waals surface area contributed by atoms with Crippen LogP contribution in [0.5, 0.6) is 0 Å². The molecule has 1 aromatic heterocycles. The molecule has 1 unspecified atom stereocenters. The first-order valence-corrected chi connectivity index (χ1v) is 7.83. The molecule has 0 amide bonds. The molecule has 4 nitrogen and oxygen atoms in total. The topological polar surface area (TPSA) is 41.3 Å². The summed E-state index contributed by atoms with van der Waals surface area (Å²) in [7, 11) is 0. The van der Waals surface area contributed by atoms with Gasteiger partial charge in [0.15, 0.2) is 12.2 Å². The molecule has 1 saturated heterocycles. The van der Waals surface area contributed by atoms with Crippen molar-refractivity contribution in [3.63, 3.8) is 0 Å². The van der Waals surface area contributed by atoms with Crippen LogP contribution in [0.2, 0.25) is 0 Å². The van der Waals surface area contributed by atoms with Crippen LogP contribution in [0, 0.1) is 0 Å². The number of oxazole rings is 1. The van der Waals surface area contributed by atoms with E-state index >= 15 is 0 Å². The molecule has 0 radical (unpaired) electrons. The highest BCUT2D eigenvalue weighted by molar-refractivity contribution is 5.63. The Morgan fingerprint density at radius 3 is 3.10 bits per heavy atom. The monoisotopic (exact) mass is 285 g/mol. The first-order chi connectivity index (χ1) is 10.3. The lowest BCUT2D eigenvalue weighted by Gasteiger charge is -2.19. The van der Waals surface area contributed by atoms with Crippen LogP contribution >= 0.6 is 0 Å². The Kier molecular flexibility index (Phi) is 4.55.